The van der Waals surface area contributed by atoms with Crippen LogP contribution in [0, 0.1) is 12.8 Å². The Kier molecular flexibility index (Phi) is 6.92. The van der Waals surface area contributed by atoms with Crippen LogP contribution >= 0.6 is 0 Å². The first kappa shape index (κ1) is 22.7. The highest BCUT2D eigenvalue weighted by Gasteiger charge is 2.40. The minimum Gasteiger partial charge on any atom is -0.380 e. The molecule has 2 aromatic rings. The van der Waals surface area contributed by atoms with Crippen molar-refractivity contribution in [3.05, 3.63) is 53.2 Å². The molecule has 1 aliphatic rings. The van der Waals surface area contributed by atoms with E-state index in [2.05, 4.69) is 15.6 Å². The molecule has 1 unspecified atom stereocenters. The number of benzene rings is 1. The molecular weight excluding hydrogens is 396 g/mol. The molecule has 1 aromatic carbocycles. The molecule has 0 aliphatic carbocycles. The maximum absolute atomic E-state index is 12.7. The maximum atomic E-state index is 12.7. The Balaban J connectivity index is 2.00. The standard InChI is InChI=1S/C23H30N4O4/c1-13-7-6-8-20(25-13)26-21-15(3)23(30)27(16(4)28)19-10-9-17(11-18(19)21)22(29)24-12-14(2)31-5/h6-11,14-15,21,23,30H,12H2,1-5H3,(H,24,29)(H,25,26)/t14?,15-,21-,23+/m1/s1. The number of carbonyl (C=O) groups is 2. The van der Waals surface area contributed by atoms with Gasteiger partial charge in [0.25, 0.3) is 5.91 Å². The summed E-state index contributed by atoms with van der Waals surface area (Å²) in [6.45, 7) is 7.44. The molecule has 4 atom stereocenters. The van der Waals surface area contributed by atoms with Gasteiger partial charge in [-0.05, 0) is 49.7 Å². The summed E-state index contributed by atoms with van der Waals surface area (Å²) in [6.07, 6.45) is -1.11. The van der Waals surface area contributed by atoms with Crippen molar-refractivity contribution in [2.24, 2.45) is 5.92 Å². The summed E-state index contributed by atoms with van der Waals surface area (Å²) in [5.74, 6) is -0.174. The molecule has 1 aromatic heterocycles. The number of pyridine rings is 1. The van der Waals surface area contributed by atoms with Gasteiger partial charge in [0, 0.05) is 37.8 Å². The molecule has 0 radical (unpaired) electrons. The molecule has 8 nitrogen and oxygen atoms in total. The summed E-state index contributed by atoms with van der Waals surface area (Å²) >= 11 is 0. The molecule has 3 N–H and O–H groups in total. The number of hydrogen-bond donors (Lipinski definition) is 3. The average Bonchev–Trinajstić information content (AvgIpc) is 2.74. The highest BCUT2D eigenvalue weighted by atomic mass is 16.5. The van der Waals surface area contributed by atoms with Crippen molar-refractivity contribution in [1.82, 2.24) is 10.3 Å². The monoisotopic (exact) mass is 426 g/mol. The van der Waals surface area contributed by atoms with Crippen molar-refractivity contribution in [2.45, 2.75) is 46.1 Å². The van der Waals surface area contributed by atoms with E-state index in [0.29, 0.717) is 23.6 Å². The quantitative estimate of drug-likeness (QED) is 0.656. The molecule has 0 saturated heterocycles. The topological polar surface area (TPSA) is 104 Å². The SMILES string of the molecule is COC(C)CNC(=O)c1ccc2c(c1)[C@H](Nc1cccc(C)n1)[C@@H](C)[C@H](O)N2C(C)=O. The second-order valence-corrected chi connectivity index (χ2v) is 7.98. The van der Waals surface area contributed by atoms with Crippen molar-refractivity contribution >= 4 is 23.3 Å². The lowest BCUT2D eigenvalue weighted by Crippen LogP contribution is -2.50. The number of aromatic nitrogens is 1. The minimum atomic E-state index is -1.01. The highest BCUT2D eigenvalue weighted by molar-refractivity contribution is 5.97. The third kappa shape index (κ3) is 4.86. The first-order valence-electron chi connectivity index (χ1n) is 10.4. The number of hydrogen-bond acceptors (Lipinski definition) is 6. The number of methoxy groups -OCH3 is 1. The van der Waals surface area contributed by atoms with Crippen LogP contribution in [0.3, 0.4) is 0 Å². The first-order valence-corrected chi connectivity index (χ1v) is 10.4. The second-order valence-electron chi connectivity index (χ2n) is 7.98. The van der Waals surface area contributed by atoms with E-state index in [9.17, 15) is 14.7 Å². The number of carbonyl (C=O) groups excluding carboxylic acids is 2. The van der Waals surface area contributed by atoms with Crippen LogP contribution in [0.4, 0.5) is 11.5 Å². The Morgan fingerprint density at radius 2 is 2.03 bits per heavy atom. The van der Waals surface area contributed by atoms with E-state index in [1.807, 2.05) is 39.0 Å². The van der Waals surface area contributed by atoms with Crippen molar-refractivity contribution < 1.29 is 19.4 Å². The number of aryl methyl sites for hydroxylation is 1. The molecule has 31 heavy (non-hydrogen) atoms. The van der Waals surface area contributed by atoms with Crippen LogP contribution in [-0.2, 0) is 9.53 Å². The van der Waals surface area contributed by atoms with E-state index in [1.165, 1.54) is 11.8 Å². The largest absolute Gasteiger partial charge is 0.380 e. The normalized spacial score (nSPS) is 21.2. The number of aliphatic hydroxyl groups is 1. The second kappa shape index (κ2) is 9.45. The predicted octanol–water partition coefficient (Wildman–Crippen LogP) is 2.63. The fourth-order valence-corrected chi connectivity index (χ4v) is 3.77. The minimum absolute atomic E-state index is 0.105. The molecule has 0 fully saturated rings. The summed E-state index contributed by atoms with van der Waals surface area (Å²) in [7, 11) is 1.59. The van der Waals surface area contributed by atoms with Crippen molar-refractivity contribution in [2.75, 3.05) is 23.9 Å². The van der Waals surface area contributed by atoms with Gasteiger partial charge in [-0.3, -0.25) is 14.5 Å². The van der Waals surface area contributed by atoms with Gasteiger partial charge in [-0.15, -0.1) is 0 Å². The molecule has 2 amide bonds. The van der Waals surface area contributed by atoms with E-state index >= 15 is 0 Å². The zero-order valence-electron chi connectivity index (χ0n) is 18.5. The van der Waals surface area contributed by atoms with E-state index in [4.69, 9.17) is 4.74 Å². The number of nitrogens with one attached hydrogen (secondary N) is 2. The van der Waals surface area contributed by atoms with Gasteiger partial charge in [0.15, 0.2) is 0 Å². The van der Waals surface area contributed by atoms with Gasteiger partial charge >= 0.3 is 0 Å². The van der Waals surface area contributed by atoms with Crippen LogP contribution in [0.15, 0.2) is 36.4 Å². The number of aliphatic hydroxyl groups excluding tert-OH is 1. The summed E-state index contributed by atoms with van der Waals surface area (Å²) < 4.78 is 5.18. The van der Waals surface area contributed by atoms with Gasteiger partial charge in [-0.2, -0.15) is 0 Å². The summed E-state index contributed by atoms with van der Waals surface area (Å²) in [4.78, 5) is 30.9. The molecular formula is C23H30N4O4. The van der Waals surface area contributed by atoms with E-state index in [0.717, 1.165) is 11.3 Å². The van der Waals surface area contributed by atoms with E-state index in [-0.39, 0.29) is 29.9 Å². The van der Waals surface area contributed by atoms with Crippen molar-refractivity contribution in [3.8, 4) is 0 Å². The molecule has 0 bridgehead atoms. The lowest BCUT2D eigenvalue weighted by Gasteiger charge is -2.42. The third-order valence-electron chi connectivity index (χ3n) is 5.63. The maximum Gasteiger partial charge on any atom is 0.251 e. The molecule has 8 heteroatoms. The Hall–Kier alpha value is -2.97. The van der Waals surface area contributed by atoms with E-state index < -0.39 is 6.23 Å². The number of nitrogens with zero attached hydrogens (tertiary/aromatic N) is 2. The molecule has 1 aliphatic heterocycles. The van der Waals surface area contributed by atoms with Gasteiger partial charge in [0.2, 0.25) is 5.91 Å². The summed E-state index contributed by atoms with van der Waals surface area (Å²) in [5, 5.41) is 17.1. The van der Waals surface area contributed by atoms with Crippen molar-refractivity contribution in [1.29, 1.82) is 0 Å². The van der Waals surface area contributed by atoms with Crippen LogP contribution in [-0.4, -0.2) is 47.9 Å². The third-order valence-corrected chi connectivity index (χ3v) is 5.63. The molecule has 0 saturated carbocycles. The Morgan fingerprint density at radius 1 is 1.29 bits per heavy atom. The van der Waals surface area contributed by atoms with Crippen LogP contribution in [0.25, 0.3) is 0 Å². The van der Waals surface area contributed by atoms with Crippen LogP contribution < -0.4 is 15.5 Å². The fourth-order valence-electron chi connectivity index (χ4n) is 3.77. The van der Waals surface area contributed by atoms with Gasteiger partial charge in [0.1, 0.15) is 12.0 Å². The number of rotatable bonds is 6. The Morgan fingerprint density at radius 3 is 2.68 bits per heavy atom. The molecule has 166 valence electrons. The highest BCUT2D eigenvalue weighted by Crippen LogP contribution is 2.42. The zero-order valence-corrected chi connectivity index (χ0v) is 18.5. The van der Waals surface area contributed by atoms with Gasteiger partial charge in [-0.1, -0.05) is 13.0 Å². The lowest BCUT2D eigenvalue weighted by atomic mass is 9.85. The fraction of sp³-hybridized carbons (Fsp3) is 0.435. The van der Waals surface area contributed by atoms with Crippen molar-refractivity contribution in [3.63, 3.8) is 0 Å². The van der Waals surface area contributed by atoms with Gasteiger partial charge < -0.3 is 20.5 Å². The number of amides is 2. The molecule has 3 rings (SSSR count). The molecule has 0 spiro atoms. The Labute approximate surface area is 182 Å². The first-order chi connectivity index (χ1) is 14.7. The molecule has 2 heterocycles. The van der Waals surface area contributed by atoms with Crippen LogP contribution in [0.2, 0.25) is 0 Å². The smallest absolute Gasteiger partial charge is 0.251 e. The van der Waals surface area contributed by atoms with E-state index in [1.54, 1.807) is 25.3 Å². The summed E-state index contributed by atoms with van der Waals surface area (Å²) in [6, 6.07) is 10.4. The van der Waals surface area contributed by atoms with Gasteiger partial charge in [0.05, 0.1) is 17.8 Å². The average molecular weight is 427 g/mol. The zero-order chi connectivity index (χ0) is 22.7. The Bertz CT molecular complexity index is 964. The van der Waals surface area contributed by atoms with Gasteiger partial charge in [-0.25, -0.2) is 4.98 Å². The predicted molar refractivity (Wildman–Crippen MR) is 119 cm³/mol. The van der Waals surface area contributed by atoms with Crippen LogP contribution in [0.5, 0.6) is 0 Å². The number of fused-ring (bicyclic) bond motifs is 1. The lowest BCUT2D eigenvalue weighted by molar-refractivity contribution is -0.119. The number of anilines is 2. The summed E-state index contributed by atoms with van der Waals surface area (Å²) in [5.41, 5.74) is 2.66. The van der Waals surface area contributed by atoms with Crippen LogP contribution in [0.1, 0.15) is 48.4 Å². The number of ether oxygens (including phenoxy) is 1.